The summed E-state index contributed by atoms with van der Waals surface area (Å²) >= 11 is 0. The van der Waals surface area contributed by atoms with Crippen molar-refractivity contribution >= 4 is 160 Å². The van der Waals surface area contributed by atoms with E-state index in [0.717, 1.165) is 83.2 Å². The first-order valence-electron chi connectivity index (χ1n) is 43.3. The molecule has 21 rings (SSSR count). The second-order valence-corrected chi connectivity index (χ2v) is 30.1. The van der Waals surface area contributed by atoms with Crippen LogP contribution in [0.15, 0.2) is 321 Å². The largest absolute Gasteiger partial charge is 0.311 e. The molecule has 6 heteroatoms. The van der Waals surface area contributed by atoms with Crippen molar-refractivity contribution in [1.82, 2.24) is 13.5 Å². The molecule has 15 aromatic carbocycles. The predicted molar refractivity (Wildman–Crippen MR) is 449 cm³/mol. The number of aromatic nitrogens is 3. The number of benzene rings is 15. The van der Waals surface area contributed by atoms with Gasteiger partial charge in [0, 0.05) is 82.9 Å². The number of hydrogen-bond acceptors (Lipinski definition) is 2. The van der Waals surface area contributed by atoms with Crippen molar-refractivity contribution in [2.75, 3.05) is 9.80 Å². The minimum atomic E-state index is -0.674. The van der Waals surface area contributed by atoms with Crippen LogP contribution in [-0.2, 0) is 10.8 Å². The minimum absolute atomic E-state index is 0.0327. The topological polar surface area (TPSA) is 20.8 Å². The highest BCUT2D eigenvalue weighted by atomic mass is 15.2. The van der Waals surface area contributed by atoms with E-state index in [1.165, 1.54) is 11.1 Å². The maximum Gasteiger partial charge on any atom is 0.252 e. The number of hydrogen-bond donors (Lipinski definition) is 0. The summed E-state index contributed by atoms with van der Waals surface area (Å²) in [5.74, 6) is 0. The monoisotopic (exact) mass is 1360 g/mol. The summed E-state index contributed by atoms with van der Waals surface area (Å²) in [6, 6.07) is 72.6. The van der Waals surface area contributed by atoms with E-state index in [4.69, 9.17) is 1.37 Å². The molecule has 19 aromatic rings. The Morgan fingerprint density at radius 2 is 0.771 bits per heavy atom. The number of aryl methyl sites for hydroxylation is 1. The molecule has 0 atom stereocenters. The Balaban J connectivity index is 0.992. The predicted octanol–water partition coefficient (Wildman–Crippen LogP) is 24.8. The Kier molecular flexibility index (Phi) is 10.3. The maximum atomic E-state index is 10.3. The van der Waals surface area contributed by atoms with Crippen LogP contribution in [0.4, 0.5) is 34.1 Å². The summed E-state index contributed by atoms with van der Waals surface area (Å²) in [5.41, 5.74) is 18.3. The molecular formula is C99H74BN5. The van der Waals surface area contributed by atoms with E-state index in [0.29, 0.717) is 60.8 Å². The molecule has 0 unspecified atom stereocenters. The van der Waals surface area contributed by atoms with Gasteiger partial charge < -0.3 is 23.3 Å². The Morgan fingerprint density at radius 3 is 1.36 bits per heavy atom. The van der Waals surface area contributed by atoms with Gasteiger partial charge in [0.25, 0.3) is 6.71 Å². The first-order valence-corrected chi connectivity index (χ1v) is 35.8. The van der Waals surface area contributed by atoms with Gasteiger partial charge in [-0.3, -0.25) is 0 Å². The third-order valence-electron chi connectivity index (χ3n) is 22.1. The lowest BCUT2D eigenvalue weighted by molar-refractivity contribution is 0.590. The van der Waals surface area contributed by atoms with E-state index in [-0.39, 0.29) is 90.0 Å². The Morgan fingerprint density at radius 1 is 0.305 bits per heavy atom. The molecule has 0 bridgehead atoms. The van der Waals surface area contributed by atoms with Gasteiger partial charge in [-0.05, 0) is 192 Å². The molecule has 6 heterocycles. The van der Waals surface area contributed by atoms with E-state index in [9.17, 15) is 19.2 Å². The third kappa shape index (κ3) is 9.09. The quantitative estimate of drug-likeness (QED) is 0.155. The summed E-state index contributed by atoms with van der Waals surface area (Å²) < 4.78 is 151. The van der Waals surface area contributed by atoms with Gasteiger partial charge in [0.2, 0.25) is 0 Å². The highest BCUT2D eigenvalue weighted by Gasteiger charge is 2.46. The molecule has 105 heavy (non-hydrogen) atoms. The summed E-state index contributed by atoms with van der Waals surface area (Å²) in [4.78, 5) is 4.61. The fraction of sp³-hybridized carbons (Fsp3) is 0.0909. The number of nitrogens with zero attached hydrogens (tertiary/aromatic N) is 5. The minimum Gasteiger partial charge on any atom is -0.311 e. The van der Waals surface area contributed by atoms with E-state index >= 15 is 0 Å². The van der Waals surface area contributed by atoms with Crippen LogP contribution in [0.2, 0.25) is 0 Å². The lowest BCUT2D eigenvalue weighted by Crippen LogP contribution is -2.61. The van der Waals surface area contributed by atoms with Crippen LogP contribution in [-0.4, -0.2) is 20.2 Å². The average molecular weight is 1360 g/mol. The zero-order valence-electron chi connectivity index (χ0n) is 73.8. The first-order chi connectivity index (χ1) is 57.5. The van der Waals surface area contributed by atoms with Crippen LogP contribution >= 0.6 is 0 Å². The van der Waals surface area contributed by atoms with Crippen molar-refractivity contribution in [3.8, 4) is 33.6 Å². The molecule has 5 nitrogen and oxygen atoms in total. The number of rotatable bonds is 6. The van der Waals surface area contributed by atoms with Gasteiger partial charge in [-0.15, -0.1) is 0 Å². The van der Waals surface area contributed by atoms with Crippen molar-refractivity contribution in [2.24, 2.45) is 0 Å². The van der Waals surface area contributed by atoms with Crippen LogP contribution in [0.5, 0.6) is 0 Å². The van der Waals surface area contributed by atoms with Crippen molar-refractivity contribution in [2.45, 2.75) is 59.3 Å². The van der Waals surface area contributed by atoms with Crippen molar-refractivity contribution in [3.05, 3.63) is 338 Å². The van der Waals surface area contributed by atoms with E-state index in [1.807, 2.05) is 91.0 Å². The molecule has 0 fully saturated rings. The van der Waals surface area contributed by atoms with Gasteiger partial charge in [-0.1, -0.05) is 266 Å². The highest BCUT2D eigenvalue weighted by molar-refractivity contribution is 7.00. The second-order valence-electron chi connectivity index (χ2n) is 30.1. The summed E-state index contributed by atoms with van der Waals surface area (Å²) in [6.45, 7) is 14.4. The zero-order chi connectivity index (χ0) is 83.4. The summed E-state index contributed by atoms with van der Waals surface area (Å²) in [7, 11) is 0. The SMILES string of the molecule is [2H]c1c([2H])c([2H])c2c(c1[2H])c1ccccc1n1c3cc4c5c(c3c3cccc(c6c([2H])c([2H])c([2H])c([2H])c62)c31)N(c1ccc(-c2ccccc2)cc1)c1cc(-n2c3c([2H])c([2H])c([2H])c([2H])c3c3c(C)c([2H])c([2H])c([2H])c32)ccc1B5c1ccc(-n2c3ccc(C(C)(C)C)cc3c3cc(C(C)(C)C)ccc32)cc1N4c1ccc(-c2ccccc2)cc1. The Hall–Kier alpha value is -12.6. The molecule has 0 saturated carbocycles. The van der Waals surface area contributed by atoms with E-state index < -0.39 is 67.1 Å². The molecule has 0 saturated heterocycles. The molecule has 2 aliphatic heterocycles. The second kappa shape index (κ2) is 22.7. The lowest BCUT2D eigenvalue weighted by atomic mass is 9.33. The van der Waals surface area contributed by atoms with E-state index in [1.54, 1.807) is 11.5 Å². The zero-order valence-corrected chi connectivity index (χ0v) is 58.8. The van der Waals surface area contributed by atoms with Crippen LogP contribution in [0.3, 0.4) is 0 Å². The van der Waals surface area contributed by atoms with Crippen LogP contribution in [0, 0.1) is 6.92 Å². The first kappa shape index (κ1) is 47.5. The standard InChI is InChI=1S/C99H74BN5/c1-61-24-22-39-88-93(61)78-34-19-21-38-85(78)103(88)71-51-53-83-90(59-71)104(69-48-42-65(43-49-69)63-27-12-9-13-28-63)97-94-79-36-23-35-77-75-32-17-15-30-73(75)72-29-14-16-31-74(72)76-33-18-20-37-84(76)105(96(77)79)91(94)60-92-95(97)100(83)82-52-50-70(58-89(82)101(92)68-46-40-64(41-47-68)62-25-10-8-11-26-62)102-86-54-44-66(98(2,3)4)56-80(86)81-57-67(99(5,6)7)45-55-87(81)102/h8-60H,1-7H3/i14D,15D,16D,17D,19D,21D,22D,24D,29D,30D,31D,32D,34D,38D,39D. The van der Waals surface area contributed by atoms with Crippen LogP contribution < -0.4 is 26.2 Å². The molecule has 0 radical (unpaired) electrons. The number of anilines is 6. The smallest absolute Gasteiger partial charge is 0.252 e. The average Bonchev–Trinajstić information content (AvgIpc) is 1.51. The van der Waals surface area contributed by atoms with Gasteiger partial charge >= 0.3 is 0 Å². The van der Waals surface area contributed by atoms with Gasteiger partial charge in [0.1, 0.15) is 0 Å². The van der Waals surface area contributed by atoms with Crippen molar-refractivity contribution in [1.29, 1.82) is 0 Å². The fourth-order valence-electron chi connectivity index (χ4n) is 17.2. The normalized spacial score (nSPS) is 15.0. The molecule has 0 amide bonds. The number of para-hydroxylation sites is 3. The number of fused-ring (bicyclic) bond motifs is 21. The van der Waals surface area contributed by atoms with Gasteiger partial charge in [-0.25, -0.2) is 0 Å². The Bertz CT molecular complexity index is 7730. The van der Waals surface area contributed by atoms with Gasteiger partial charge in [0.15, 0.2) is 0 Å². The molecule has 0 N–H and O–H groups in total. The Labute approximate surface area is 632 Å². The molecular weight excluding hydrogens is 1270 g/mol. The van der Waals surface area contributed by atoms with Crippen molar-refractivity contribution < 1.29 is 20.6 Å². The summed E-state index contributed by atoms with van der Waals surface area (Å²) in [5, 5.41) is 4.55. The summed E-state index contributed by atoms with van der Waals surface area (Å²) in [6.07, 6.45) is 0. The highest BCUT2D eigenvalue weighted by Crippen LogP contribution is 2.53. The molecule has 2 aliphatic rings. The molecule has 0 spiro atoms. The molecule has 498 valence electrons. The van der Waals surface area contributed by atoms with E-state index in [2.05, 4.69) is 200 Å². The van der Waals surface area contributed by atoms with Crippen LogP contribution in [0.1, 0.15) is 78.8 Å². The van der Waals surface area contributed by atoms with Gasteiger partial charge in [0.05, 0.1) is 64.9 Å². The fourth-order valence-corrected chi connectivity index (χ4v) is 17.2. The lowest BCUT2D eigenvalue weighted by Gasteiger charge is -2.44. The third-order valence-corrected chi connectivity index (χ3v) is 22.1. The molecule has 4 aromatic heterocycles. The van der Waals surface area contributed by atoms with Crippen LogP contribution in [0.25, 0.3) is 137 Å². The van der Waals surface area contributed by atoms with Crippen molar-refractivity contribution in [3.63, 3.8) is 0 Å². The molecule has 0 aliphatic carbocycles. The maximum absolute atomic E-state index is 10.3. The van der Waals surface area contributed by atoms with Gasteiger partial charge in [-0.2, -0.15) is 0 Å².